The Hall–Kier alpha value is -0.620. The molecule has 18 heavy (non-hydrogen) atoms. The zero-order valence-corrected chi connectivity index (χ0v) is 12.0. The van der Waals surface area contributed by atoms with Crippen LogP contribution in [0.25, 0.3) is 0 Å². The molecule has 94 valence electrons. The summed E-state index contributed by atoms with van der Waals surface area (Å²) >= 11 is 9.32. The van der Waals surface area contributed by atoms with Gasteiger partial charge in [-0.3, -0.25) is 0 Å². The maximum absolute atomic E-state index is 6.29. The van der Waals surface area contributed by atoms with E-state index >= 15 is 0 Å². The summed E-state index contributed by atoms with van der Waals surface area (Å²) in [6.07, 6.45) is 4.15. The number of benzene rings is 1. The van der Waals surface area contributed by atoms with Crippen molar-refractivity contribution in [3.63, 3.8) is 0 Å². The van der Waals surface area contributed by atoms with E-state index in [0.29, 0.717) is 6.04 Å². The molecule has 1 aromatic carbocycles. The molecule has 3 nitrogen and oxygen atoms in total. The highest BCUT2D eigenvalue weighted by Gasteiger charge is 2.21. The van der Waals surface area contributed by atoms with Crippen LogP contribution in [0.2, 0.25) is 5.02 Å². The Labute approximate surface area is 119 Å². The minimum Gasteiger partial charge on any atom is -0.310 e. The van der Waals surface area contributed by atoms with E-state index in [4.69, 9.17) is 11.6 Å². The second kappa shape index (κ2) is 5.57. The summed E-state index contributed by atoms with van der Waals surface area (Å²) in [7, 11) is 0. The van der Waals surface area contributed by atoms with Crippen LogP contribution in [0.4, 0.5) is 0 Å². The lowest BCUT2D eigenvalue weighted by Crippen LogP contribution is -2.16. The summed E-state index contributed by atoms with van der Waals surface area (Å²) in [4.78, 5) is 5.36. The average Bonchev–Trinajstić information content (AvgIpc) is 3.05. The van der Waals surface area contributed by atoms with Crippen molar-refractivity contribution in [1.29, 1.82) is 0 Å². The predicted octanol–water partition coefficient (Wildman–Crippen LogP) is 3.59. The predicted molar refractivity (Wildman–Crippen MR) is 75.3 cm³/mol. The third kappa shape index (κ3) is 3.03. The second-order valence-corrected chi connectivity index (χ2v) is 6.66. The summed E-state index contributed by atoms with van der Waals surface area (Å²) in [5.74, 6) is 0. The zero-order valence-electron chi connectivity index (χ0n) is 9.60. The van der Waals surface area contributed by atoms with Gasteiger partial charge in [0.25, 0.3) is 0 Å². The standard InChI is InChI=1S/C12H12ClN3S2/c13-10-2-1-3-11(17-12-15-7-16-18-12)9(10)6-14-8-4-5-8/h1-3,7-8,14H,4-6H2. The van der Waals surface area contributed by atoms with Crippen LogP contribution in [0, 0.1) is 0 Å². The van der Waals surface area contributed by atoms with Crippen molar-refractivity contribution in [2.24, 2.45) is 0 Å². The topological polar surface area (TPSA) is 37.8 Å². The third-order valence-electron chi connectivity index (χ3n) is 2.76. The molecule has 0 saturated heterocycles. The van der Waals surface area contributed by atoms with Crippen LogP contribution in [0.15, 0.2) is 33.8 Å². The van der Waals surface area contributed by atoms with E-state index in [-0.39, 0.29) is 0 Å². The number of nitrogens with zero attached hydrogens (tertiary/aromatic N) is 2. The Balaban J connectivity index is 1.80. The Kier molecular flexibility index (Phi) is 3.84. The van der Waals surface area contributed by atoms with Crippen LogP contribution in [0.5, 0.6) is 0 Å². The molecular weight excluding hydrogens is 286 g/mol. The van der Waals surface area contributed by atoms with Crippen molar-refractivity contribution in [2.75, 3.05) is 0 Å². The molecule has 1 saturated carbocycles. The number of hydrogen-bond donors (Lipinski definition) is 1. The molecule has 6 heteroatoms. The van der Waals surface area contributed by atoms with E-state index in [9.17, 15) is 0 Å². The van der Waals surface area contributed by atoms with Crippen LogP contribution in [0.1, 0.15) is 18.4 Å². The molecule has 1 fully saturated rings. The highest BCUT2D eigenvalue weighted by molar-refractivity contribution is 8.01. The summed E-state index contributed by atoms with van der Waals surface area (Å²) < 4.78 is 4.96. The van der Waals surface area contributed by atoms with Crippen molar-refractivity contribution in [1.82, 2.24) is 14.7 Å². The lowest BCUT2D eigenvalue weighted by atomic mass is 10.2. The van der Waals surface area contributed by atoms with Crippen molar-refractivity contribution < 1.29 is 0 Å². The first-order chi connectivity index (χ1) is 8.83. The average molecular weight is 298 g/mol. The largest absolute Gasteiger partial charge is 0.310 e. The minimum absolute atomic E-state index is 0.681. The molecule has 1 aliphatic rings. The molecule has 0 aliphatic heterocycles. The molecule has 1 heterocycles. The van der Waals surface area contributed by atoms with Gasteiger partial charge in [-0.2, -0.15) is 4.37 Å². The van der Waals surface area contributed by atoms with Gasteiger partial charge < -0.3 is 5.32 Å². The SMILES string of the molecule is Clc1cccc(Sc2ncns2)c1CNC1CC1. The summed E-state index contributed by atoms with van der Waals surface area (Å²) in [6, 6.07) is 6.68. The Morgan fingerprint density at radius 2 is 2.33 bits per heavy atom. The fourth-order valence-electron chi connectivity index (χ4n) is 1.64. The molecule has 0 amide bonds. The minimum atomic E-state index is 0.681. The number of rotatable bonds is 5. The molecule has 0 unspecified atom stereocenters. The van der Waals surface area contributed by atoms with Gasteiger partial charge >= 0.3 is 0 Å². The van der Waals surface area contributed by atoms with Gasteiger partial charge in [0.15, 0.2) is 4.34 Å². The van der Waals surface area contributed by atoms with Crippen LogP contribution in [0.3, 0.4) is 0 Å². The molecule has 0 atom stereocenters. The van der Waals surface area contributed by atoms with E-state index in [0.717, 1.165) is 26.4 Å². The maximum Gasteiger partial charge on any atom is 0.174 e. The summed E-state index contributed by atoms with van der Waals surface area (Å²) in [5, 5.41) is 4.32. The van der Waals surface area contributed by atoms with Crippen molar-refractivity contribution in [3.8, 4) is 0 Å². The van der Waals surface area contributed by atoms with Crippen LogP contribution < -0.4 is 5.32 Å². The third-order valence-corrected chi connectivity index (χ3v) is 4.93. The van der Waals surface area contributed by atoms with Crippen molar-refractivity contribution in [2.45, 2.75) is 34.7 Å². The molecule has 1 N–H and O–H groups in total. The molecule has 1 aliphatic carbocycles. The summed E-state index contributed by atoms with van der Waals surface area (Å²) in [5.41, 5.74) is 1.16. The number of hydrogen-bond acceptors (Lipinski definition) is 5. The number of nitrogens with one attached hydrogen (secondary N) is 1. The fraction of sp³-hybridized carbons (Fsp3) is 0.333. The highest BCUT2D eigenvalue weighted by Crippen LogP contribution is 2.34. The molecule has 2 aromatic rings. The smallest absolute Gasteiger partial charge is 0.174 e. The van der Waals surface area contributed by atoms with Gasteiger partial charge in [0.2, 0.25) is 0 Å². The highest BCUT2D eigenvalue weighted by atomic mass is 35.5. The monoisotopic (exact) mass is 297 g/mol. The van der Waals surface area contributed by atoms with Gasteiger partial charge in [-0.15, -0.1) is 0 Å². The molecule has 0 radical (unpaired) electrons. The van der Waals surface area contributed by atoms with Gasteiger partial charge in [-0.25, -0.2) is 4.98 Å². The van der Waals surface area contributed by atoms with Gasteiger partial charge in [0.1, 0.15) is 6.33 Å². The fourth-order valence-corrected chi connectivity index (χ4v) is 3.51. The van der Waals surface area contributed by atoms with Crippen LogP contribution >= 0.6 is 34.9 Å². The second-order valence-electron chi connectivity index (χ2n) is 4.18. The molecule has 1 aromatic heterocycles. The maximum atomic E-state index is 6.29. The van der Waals surface area contributed by atoms with Crippen LogP contribution in [-0.2, 0) is 6.54 Å². The Morgan fingerprint density at radius 1 is 1.44 bits per heavy atom. The molecule has 0 bridgehead atoms. The lowest BCUT2D eigenvalue weighted by molar-refractivity contribution is 0.680. The van der Waals surface area contributed by atoms with Gasteiger partial charge in [-0.1, -0.05) is 29.4 Å². The van der Waals surface area contributed by atoms with E-state index in [2.05, 4.69) is 20.7 Å². The first kappa shape index (κ1) is 12.4. The number of halogens is 1. The Morgan fingerprint density at radius 3 is 3.06 bits per heavy atom. The van der Waals surface area contributed by atoms with Crippen molar-refractivity contribution in [3.05, 3.63) is 35.1 Å². The zero-order chi connectivity index (χ0) is 12.4. The lowest BCUT2D eigenvalue weighted by Gasteiger charge is -2.10. The Bertz CT molecular complexity index is 526. The number of aromatic nitrogens is 2. The molecule has 3 rings (SSSR count). The first-order valence-electron chi connectivity index (χ1n) is 5.78. The quantitative estimate of drug-likeness (QED) is 0.915. The van der Waals surface area contributed by atoms with Crippen LogP contribution in [-0.4, -0.2) is 15.4 Å². The summed E-state index contributed by atoms with van der Waals surface area (Å²) in [6.45, 7) is 0.825. The molecule has 0 spiro atoms. The van der Waals surface area contributed by atoms with E-state index in [1.54, 1.807) is 18.1 Å². The van der Waals surface area contributed by atoms with Gasteiger partial charge in [-0.05, 0) is 42.1 Å². The van der Waals surface area contributed by atoms with E-state index < -0.39 is 0 Å². The van der Waals surface area contributed by atoms with E-state index in [1.165, 1.54) is 24.4 Å². The van der Waals surface area contributed by atoms with Crippen molar-refractivity contribution >= 4 is 34.9 Å². The normalized spacial score (nSPS) is 14.9. The first-order valence-corrected chi connectivity index (χ1v) is 7.75. The molecular formula is C12H12ClN3S2. The van der Waals surface area contributed by atoms with E-state index in [1.807, 2.05) is 12.1 Å². The van der Waals surface area contributed by atoms with Gasteiger partial charge in [0.05, 0.1) is 0 Å². The van der Waals surface area contributed by atoms with Gasteiger partial charge in [0, 0.05) is 22.5 Å².